The quantitative estimate of drug-likeness (QED) is 0.758. The van der Waals surface area contributed by atoms with Gasteiger partial charge in [-0.1, -0.05) is 5.16 Å². The number of amides is 1. The highest BCUT2D eigenvalue weighted by molar-refractivity contribution is 9.10. The number of fused-ring (bicyclic) bond motifs is 1. The molecule has 5 nitrogen and oxygen atoms in total. The van der Waals surface area contributed by atoms with Gasteiger partial charge in [-0.3, -0.25) is 4.79 Å². The summed E-state index contributed by atoms with van der Waals surface area (Å²) in [6, 6.07) is 5.41. The topological polar surface area (TPSA) is 59.2 Å². The van der Waals surface area contributed by atoms with Crippen molar-refractivity contribution in [2.24, 2.45) is 0 Å². The molecule has 1 aliphatic rings. The van der Waals surface area contributed by atoms with E-state index in [2.05, 4.69) is 26.1 Å². The summed E-state index contributed by atoms with van der Waals surface area (Å²) in [5, 5.41) is 3.79. The monoisotopic (exact) mass is 321 g/mol. The molecule has 2 aromatic rings. The van der Waals surface area contributed by atoms with Crippen LogP contribution in [0, 0.1) is 6.92 Å². The Labute approximate surface area is 118 Å². The lowest BCUT2D eigenvalue weighted by molar-refractivity contribution is 0.0976. The lowest BCUT2D eigenvalue weighted by Crippen LogP contribution is -2.36. The molecule has 0 saturated carbocycles. The van der Waals surface area contributed by atoms with Gasteiger partial charge in [-0.2, -0.15) is 0 Å². The molecule has 0 bridgehead atoms. The predicted octanol–water partition coefficient (Wildman–Crippen LogP) is 2.73. The average Bonchev–Trinajstić information content (AvgIpc) is 2.83. The molecule has 0 aliphatic carbocycles. The number of carbonyl (C=O) groups is 1. The number of pyridine rings is 1. The van der Waals surface area contributed by atoms with Gasteiger partial charge in [0.2, 0.25) is 0 Å². The van der Waals surface area contributed by atoms with E-state index in [1.165, 1.54) is 0 Å². The Bertz CT molecular complexity index is 639. The van der Waals surface area contributed by atoms with E-state index >= 15 is 0 Å². The van der Waals surface area contributed by atoms with Crippen molar-refractivity contribution in [3.8, 4) is 0 Å². The van der Waals surface area contributed by atoms with Crippen molar-refractivity contribution in [3.63, 3.8) is 0 Å². The van der Waals surface area contributed by atoms with Crippen LogP contribution in [0.5, 0.6) is 0 Å². The minimum Gasteiger partial charge on any atom is -0.361 e. The standard InChI is InChI=1S/C13H12BrN3O2/c1-8-7-10(16-19-8)13(18)17-6-2-3-9-11(17)4-5-12(14)15-9/h4-5,7H,2-3,6H2,1H3. The van der Waals surface area contributed by atoms with E-state index in [0.29, 0.717) is 18.0 Å². The van der Waals surface area contributed by atoms with Crippen molar-refractivity contribution < 1.29 is 9.32 Å². The lowest BCUT2D eigenvalue weighted by atomic mass is 10.1. The number of anilines is 1. The van der Waals surface area contributed by atoms with Crippen LogP contribution < -0.4 is 4.90 Å². The highest BCUT2D eigenvalue weighted by atomic mass is 79.9. The maximum Gasteiger partial charge on any atom is 0.280 e. The number of rotatable bonds is 1. The zero-order valence-corrected chi connectivity index (χ0v) is 12.0. The largest absolute Gasteiger partial charge is 0.361 e. The molecular formula is C13H12BrN3O2. The number of nitrogens with zero attached hydrogens (tertiary/aromatic N) is 3. The van der Waals surface area contributed by atoms with Crippen molar-refractivity contribution in [2.45, 2.75) is 19.8 Å². The smallest absolute Gasteiger partial charge is 0.280 e. The van der Waals surface area contributed by atoms with Crippen molar-refractivity contribution in [2.75, 3.05) is 11.4 Å². The first-order chi connectivity index (χ1) is 9.15. The molecule has 0 aromatic carbocycles. The SMILES string of the molecule is Cc1cc(C(=O)N2CCCc3nc(Br)ccc32)no1. The second-order valence-electron chi connectivity index (χ2n) is 4.48. The first-order valence-corrected chi connectivity index (χ1v) is 6.85. The molecule has 0 saturated heterocycles. The number of hydrogen-bond acceptors (Lipinski definition) is 4. The summed E-state index contributed by atoms with van der Waals surface area (Å²) in [5.74, 6) is 0.497. The molecule has 98 valence electrons. The molecule has 1 aliphatic heterocycles. The molecule has 3 rings (SSSR count). The van der Waals surface area contributed by atoms with Crippen molar-refractivity contribution in [1.82, 2.24) is 10.1 Å². The van der Waals surface area contributed by atoms with E-state index in [4.69, 9.17) is 4.52 Å². The third-order valence-corrected chi connectivity index (χ3v) is 3.54. The maximum absolute atomic E-state index is 12.4. The summed E-state index contributed by atoms with van der Waals surface area (Å²) in [7, 11) is 0. The van der Waals surface area contributed by atoms with E-state index in [-0.39, 0.29) is 5.91 Å². The highest BCUT2D eigenvalue weighted by Gasteiger charge is 2.26. The summed E-state index contributed by atoms with van der Waals surface area (Å²) < 4.78 is 5.75. The molecule has 0 unspecified atom stereocenters. The predicted molar refractivity (Wildman–Crippen MR) is 73.2 cm³/mol. The summed E-state index contributed by atoms with van der Waals surface area (Å²) in [6.45, 7) is 2.45. The minimum absolute atomic E-state index is 0.137. The Morgan fingerprint density at radius 2 is 2.32 bits per heavy atom. The molecule has 0 atom stereocenters. The van der Waals surface area contributed by atoms with Gasteiger partial charge in [0.1, 0.15) is 10.4 Å². The number of carbonyl (C=O) groups excluding carboxylic acids is 1. The third-order valence-electron chi connectivity index (χ3n) is 3.09. The Kier molecular flexibility index (Phi) is 3.10. The van der Waals surface area contributed by atoms with Gasteiger partial charge in [0.25, 0.3) is 5.91 Å². The maximum atomic E-state index is 12.4. The van der Waals surface area contributed by atoms with Crippen LogP contribution >= 0.6 is 15.9 Å². The van der Waals surface area contributed by atoms with Gasteiger partial charge >= 0.3 is 0 Å². The van der Waals surface area contributed by atoms with Crippen LogP contribution in [0.25, 0.3) is 0 Å². The Morgan fingerprint density at radius 3 is 3.05 bits per heavy atom. The van der Waals surface area contributed by atoms with Crippen LogP contribution in [0.1, 0.15) is 28.4 Å². The fourth-order valence-electron chi connectivity index (χ4n) is 2.24. The number of aromatic nitrogens is 2. The molecule has 2 aromatic heterocycles. The number of hydrogen-bond donors (Lipinski definition) is 0. The van der Waals surface area contributed by atoms with Gasteiger partial charge in [0.05, 0.1) is 11.4 Å². The average molecular weight is 322 g/mol. The number of aryl methyl sites for hydroxylation is 2. The van der Waals surface area contributed by atoms with E-state index in [0.717, 1.165) is 28.8 Å². The molecule has 1 amide bonds. The highest BCUT2D eigenvalue weighted by Crippen LogP contribution is 2.28. The van der Waals surface area contributed by atoms with E-state index in [1.54, 1.807) is 17.9 Å². The Hall–Kier alpha value is -1.69. The summed E-state index contributed by atoms with van der Waals surface area (Å²) in [4.78, 5) is 18.6. The van der Waals surface area contributed by atoms with Crippen LogP contribution in [0.15, 0.2) is 27.3 Å². The molecule has 0 radical (unpaired) electrons. The first-order valence-electron chi connectivity index (χ1n) is 6.06. The second kappa shape index (κ2) is 4.77. The van der Waals surface area contributed by atoms with Gasteiger partial charge in [0.15, 0.2) is 5.69 Å². The van der Waals surface area contributed by atoms with E-state index in [9.17, 15) is 4.79 Å². The fourth-order valence-corrected chi connectivity index (χ4v) is 2.58. The van der Waals surface area contributed by atoms with E-state index in [1.807, 2.05) is 12.1 Å². The van der Waals surface area contributed by atoms with Crippen LogP contribution in [0.3, 0.4) is 0 Å². The fraction of sp³-hybridized carbons (Fsp3) is 0.308. The molecule has 19 heavy (non-hydrogen) atoms. The number of halogens is 1. The third kappa shape index (κ3) is 2.28. The summed E-state index contributed by atoms with van der Waals surface area (Å²) >= 11 is 3.35. The molecular weight excluding hydrogens is 310 g/mol. The zero-order valence-electron chi connectivity index (χ0n) is 10.4. The lowest BCUT2D eigenvalue weighted by Gasteiger charge is -2.28. The Morgan fingerprint density at radius 1 is 1.47 bits per heavy atom. The van der Waals surface area contributed by atoms with Gasteiger partial charge in [-0.25, -0.2) is 4.98 Å². The van der Waals surface area contributed by atoms with Crippen LogP contribution in [-0.2, 0) is 6.42 Å². The van der Waals surface area contributed by atoms with Gasteiger partial charge in [-0.05, 0) is 47.8 Å². The minimum atomic E-state index is -0.137. The summed E-state index contributed by atoms with van der Waals surface area (Å²) in [6.07, 6.45) is 1.79. The molecule has 0 N–H and O–H groups in total. The van der Waals surface area contributed by atoms with Gasteiger partial charge < -0.3 is 9.42 Å². The van der Waals surface area contributed by atoms with E-state index < -0.39 is 0 Å². The summed E-state index contributed by atoms with van der Waals surface area (Å²) in [5.41, 5.74) is 2.14. The van der Waals surface area contributed by atoms with Crippen molar-refractivity contribution >= 4 is 27.5 Å². The van der Waals surface area contributed by atoms with Crippen LogP contribution in [0.2, 0.25) is 0 Å². The van der Waals surface area contributed by atoms with Crippen molar-refractivity contribution in [3.05, 3.63) is 40.0 Å². The van der Waals surface area contributed by atoms with Crippen molar-refractivity contribution in [1.29, 1.82) is 0 Å². The van der Waals surface area contributed by atoms with Crippen LogP contribution in [-0.4, -0.2) is 22.6 Å². The molecule has 0 spiro atoms. The molecule has 3 heterocycles. The van der Waals surface area contributed by atoms with Crippen LogP contribution in [0.4, 0.5) is 5.69 Å². The second-order valence-corrected chi connectivity index (χ2v) is 5.30. The zero-order chi connectivity index (χ0) is 13.4. The van der Waals surface area contributed by atoms with Gasteiger partial charge in [-0.15, -0.1) is 0 Å². The normalized spacial score (nSPS) is 14.3. The molecule has 0 fully saturated rings. The van der Waals surface area contributed by atoms with Gasteiger partial charge in [0, 0.05) is 12.6 Å². The Balaban J connectivity index is 1.97. The first kappa shape index (κ1) is 12.3. The molecule has 6 heteroatoms.